The Morgan fingerprint density at radius 2 is 1.02 bits per heavy atom. The number of fused-ring (bicyclic) bond motifs is 11. The maximum absolute atomic E-state index is 6.61. The summed E-state index contributed by atoms with van der Waals surface area (Å²) < 4.78 is 19.4. The van der Waals surface area contributed by atoms with E-state index in [2.05, 4.69) is 169 Å². The summed E-state index contributed by atoms with van der Waals surface area (Å²) >= 11 is 0. The second kappa shape index (κ2) is 12.2. The van der Waals surface area contributed by atoms with Gasteiger partial charge < -0.3 is 18.5 Å². The molecule has 0 bridgehead atoms. The molecule has 4 nitrogen and oxygen atoms in total. The van der Waals surface area contributed by atoms with Gasteiger partial charge in [-0.3, -0.25) is 0 Å². The van der Waals surface area contributed by atoms with Gasteiger partial charge in [0.25, 0.3) is 0 Å². The topological polar surface area (TPSA) is 38.8 Å². The van der Waals surface area contributed by atoms with Gasteiger partial charge in [0.05, 0.1) is 11.1 Å². The van der Waals surface area contributed by atoms with E-state index in [0.717, 1.165) is 84.1 Å². The fourth-order valence-corrected chi connectivity index (χ4v) is 9.45. The molecule has 8 aromatic carbocycles. The average Bonchev–Trinajstić information content (AvgIpc) is 3.96. The quantitative estimate of drug-likeness (QED) is 0.177. The van der Waals surface area contributed by atoms with Crippen LogP contribution in [0.2, 0.25) is 0 Å². The zero-order valence-electron chi connectivity index (χ0n) is 30.7. The van der Waals surface area contributed by atoms with Crippen LogP contribution in [0.15, 0.2) is 209 Å². The minimum Gasteiger partial charge on any atom is -0.462 e. The van der Waals surface area contributed by atoms with Gasteiger partial charge in [-0.15, -0.1) is 0 Å². The molecule has 0 unspecified atom stereocenters. The molecule has 10 aromatic rings. The zero-order chi connectivity index (χ0) is 37.5. The van der Waals surface area contributed by atoms with Gasteiger partial charge >= 0.3 is 0 Å². The van der Waals surface area contributed by atoms with Crippen molar-refractivity contribution in [3.8, 4) is 45.1 Å². The third-order valence-corrected chi connectivity index (χ3v) is 11.8. The zero-order valence-corrected chi connectivity index (χ0v) is 30.7. The molecule has 0 saturated carbocycles. The predicted octanol–water partition coefficient (Wildman–Crippen LogP) is 14.5. The Morgan fingerprint density at radius 3 is 1.79 bits per heavy atom. The van der Waals surface area contributed by atoms with Crippen LogP contribution in [0.4, 0.5) is 17.1 Å². The van der Waals surface area contributed by atoms with Crippen molar-refractivity contribution in [1.82, 2.24) is 0 Å². The van der Waals surface area contributed by atoms with E-state index in [9.17, 15) is 0 Å². The van der Waals surface area contributed by atoms with Crippen molar-refractivity contribution in [1.29, 1.82) is 0 Å². The molecular formula is C53H33NO3. The maximum Gasteiger partial charge on any atom is 0.143 e. The Balaban J connectivity index is 1.06. The van der Waals surface area contributed by atoms with Gasteiger partial charge in [-0.25, -0.2) is 0 Å². The van der Waals surface area contributed by atoms with Gasteiger partial charge in [-0.2, -0.15) is 0 Å². The number of hydrogen-bond donors (Lipinski definition) is 0. The molecule has 268 valence electrons. The van der Waals surface area contributed by atoms with Gasteiger partial charge in [-0.05, 0) is 94.5 Å². The minimum atomic E-state index is -0.534. The van der Waals surface area contributed by atoms with E-state index < -0.39 is 5.41 Å². The van der Waals surface area contributed by atoms with Crippen molar-refractivity contribution < 1.29 is 13.6 Å². The van der Waals surface area contributed by atoms with Crippen LogP contribution in [-0.4, -0.2) is 0 Å². The SMILES string of the molecule is c1ccc(-c2c(-c3ccc(N(c4ccc5c(c4)-c4ccccc4C54c5ccccc5Oc5ccccc54)c4coc5ccccc45)cc3)oc3ccccc23)cc1. The summed E-state index contributed by atoms with van der Waals surface area (Å²) in [5.41, 5.74) is 14.6. The lowest BCUT2D eigenvalue weighted by Gasteiger charge is -2.39. The van der Waals surface area contributed by atoms with Crippen molar-refractivity contribution in [3.63, 3.8) is 0 Å². The number of benzene rings is 8. The number of para-hydroxylation sites is 4. The van der Waals surface area contributed by atoms with Crippen LogP contribution in [0, 0.1) is 0 Å². The molecule has 4 heteroatoms. The first kappa shape index (κ1) is 31.8. The highest BCUT2D eigenvalue weighted by molar-refractivity contribution is 6.02. The van der Waals surface area contributed by atoms with Crippen molar-refractivity contribution in [3.05, 3.63) is 223 Å². The van der Waals surface area contributed by atoms with Gasteiger partial charge in [-0.1, -0.05) is 127 Å². The number of rotatable bonds is 5. The van der Waals surface area contributed by atoms with Crippen LogP contribution in [0.5, 0.6) is 11.5 Å². The molecule has 1 spiro atoms. The monoisotopic (exact) mass is 731 g/mol. The molecular weight excluding hydrogens is 699 g/mol. The van der Waals surface area contributed by atoms with Crippen molar-refractivity contribution in [2.75, 3.05) is 4.90 Å². The lowest BCUT2D eigenvalue weighted by Crippen LogP contribution is -2.32. The third kappa shape index (κ3) is 4.56. The molecule has 0 fully saturated rings. The van der Waals surface area contributed by atoms with E-state index >= 15 is 0 Å². The third-order valence-electron chi connectivity index (χ3n) is 11.8. The normalized spacial score (nSPS) is 13.2. The van der Waals surface area contributed by atoms with Gasteiger partial charge in [0.2, 0.25) is 0 Å². The number of nitrogens with zero attached hydrogens (tertiary/aromatic N) is 1. The highest BCUT2D eigenvalue weighted by Gasteiger charge is 2.51. The molecule has 2 aromatic heterocycles. The van der Waals surface area contributed by atoms with E-state index in [1.165, 1.54) is 22.3 Å². The Hall–Kier alpha value is -7.56. The Morgan fingerprint density at radius 1 is 0.421 bits per heavy atom. The molecule has 1 aliphatic carbocycles. The average molecular weight is 732 g/mol. The van der Waals surface area contributed by atoms with Gasteiger partial charge in [0, 0.05) is 44.4 Å². The first-order chi connectivity index (χ1) is 28.3. The molecule has 1 aliphatic heterocycles. The van der Waals surface area contributed by atoms with Crippen molar-refractivity contribution in [2.45, 2.75) is 5.41 Å². The second-order valence-electron chi connectivity index (χ2n) is 14.8. The number of hydrogen-bond acceptors (Lipinski definition) is 4. The molecule has 0 amide bonds. The van der Waals surface area contributed by atoms with Crippen molar-refractivity contribution >= 4 is 39.0 Å². The van der Waals surface area contributed by atoms with E-state index in [0.29, 0.717) is 0 Å². The fraction of sp³-hybridized carbons (Fsp3) is 0.0189. The lowest BCUT2D eigenvalue weighted by atomic mass is 9.66. The van der Waals surface area contributed by atoms with Gasteiger partial charge in [0.15, 0.2) is 0 Å². The summed E-state index contributed by atoms with van der Waals surface area (Å²) in [5, 5.41) is 2.13. The molecule has 0 N–H and O–H groups in total. The van der Waals surface area contributed by atoms with E-state index in [4.69, 9.17) is 13.6 Å². The van der Waals surface area contributed by atoms with Crippen LogP contribution in [0.3, 0.4) is 0 Å². The molecule has 0 saturated heterocycles. The largest absolute Gasteiger partial charge is 0.462 e. The summed E-state index contributed by atoms with van der Waals surface area (Å²) in [7, 11) is 0. The first-order valence-electron chi connectivity index (χ1n) is 19.3. The number of ether oxygens (including phenoxy) is 1. The summed E-state index contributed by atoms with van der Waals surface area (Å²) in [4.78, 5) is 2.31. The van der Waals surface area contributed by atoms with Crippen molar-refractivity contribution in [2.24, 2.45) is 0 Å². The molecule has 57 heavy (non-hydrogen) atoms. The molecule has 2 aliphatic rings. The van der Waals surface area contributed by atoms with E-state index in [1.54, 1.807) is 0 Å². The Kier molecular flexibility index (Phi) is 6.81. The smallest absolute Gasteiger partial charge is 0.143 e. The Bertz CT molecular complexity index is 3130. The van der Waals surface area contributed by atoms with Crippen LogP contribution >= 0.6 is 0 Å². The Labute approximate surface area is 329 Å². The van der Waals surface area contributed by atoms with Crippen LogP contribution in [0.1, 0.15) is 22.3 Å². The predicted molar refractivity (Wildman–Crippen MR) is 229 cm³/mol. The second-order valence-corrected chi connectivity index (χ2v) is 14.8. The highest BCUT2D eigenvalue weighted by atomic mass is 16.5. The highest BCUT2D eigenvalue weighted by Crippen LogP contribution is 2.62. The minimum absolute atomic E-state index is 0.534. The summed E-state index contributed by atoms with van der Waals surface area (Å²) in [5.74, 6) is 2.62. The van der Waals surface area contributed by atoms with Gasteiger partial charge in [0.1, 0.15) is 34.7 Å². The molecule has 0 atom stereocenters. The summed E-state index contributed by atoms with van der Waals surface area (Å²) in [6, 6.07) is 68.5. The maximum atomic E-state index is 6.61. The summed E-state index contributed by atoms with van der Waals surface area (Å²) in [6.45, 7) is 0. The number of furan rings is 2. The van der Waals surface area contributed by atoms with Crippen LogP contribution in [0.25, 0.3) is 55.5 Å². The fourth-order valence-electron chi connectivity index (χ4n) is 9.45. The van der Waals surface area contributed by atoms with E-state index in [1.807, 2.05) is 36.6 Å². The lowest BCUT2D eigenvalue weighted by molar-refractivity contribution is 0.436. The standard InChI is InChI=1S/C53H33NO3/c1-2-14-34(15-3-1)51-40-18-6-11-23-48(40)57-52(51)35-26-28-36(29-27-35)54(46-33-55-47-22-10-5-17-39(46)47)37-30-31-43-41(32-37)38-16-4-7-19-42(38)53(43)44-20-8-12-24-49(44)56-50-25-13-9-21-45(50)53/h1-33H. The molecule has 12 rings (SSSR count). The molecule has 0 radical (unpaired) electrons. The number of anilines is 3. The van der Waals surface area contributed by atoms with Crippen LogP contribution < -0.4 is 9.64 Å². The summed E-state index contributed by atoms with van der Waals surface area (Å²) in [6.07, 6.45) is 1.87. The first-order valence-corrected chi connectivity index (χ1v) is 19.3. The molecule has 3 heterocycles. The van der Waals surface area contributed by atoms with E-state index in [-0.39, 0.29) is 0 Å². The van der Waals surface area contributed by atoms with Crippen LogP contribution in [-0.2, 0) is 5.41 Å².